The monoisotopic (exact) mass is 449 g/mol. The van der Waals surface area contributed by atoms with E-state index in [1.807, 2.05) is 0 Å². The minimum absolute atomic E-state index is 0.191. The zero-order valence-corrected chi connectivity index (χ0v) is 17.0. The van der Waals surface area contributed by atoms with Crippen molar-refractivity contribution in [3.8, 4) is 0 Å². The van der Waals surface area contributed by atoms with Crippen LogP contribution in [0.1, 0.15) is 34.5 Å². The molecule has 2 aromatic carbocycles. The molecule has 0 bridgehead atoms. The van der Waals surface area contributed by atoms with Gasteiger partial charge in [-0.3, -0.25) is 14.5 Å². The number of amides is 1. The molecule has 0 saturated heterocycles. The highest BCUT2D eigenvalue weighted by Crippen LogP contribution is 2.31. The third kappa shape index (κ3) is 5.60. The van der Waals surface area contributed by atoms with Gasteiger partial charge >= 0.3 is 6.18 Å². The summed E-state index contributed by atoms with van der Waals surface area (Å²) in [5.41, 5.74) is -0.0994. The summed E-state index contributed by atoms with van der Waals surface area (Å²) < 4.78 is 65.6. The number of alkyl halides is 3. The third-order valence-electron chi connectivity index (χ3n) is 4.42. The summed E-state index contributed by atoms with van der Waals surface area (Å²) in [7, 11) is -4.14. The van der Waals surface area contributed by atoms with E-state index < -0.39 is 27.7 Å². The van der Waals surface area contributed by atoms with E-state index in [1.165, 1.54) is 30.3 Å². The Balaban J connectivity index is 1.72. The molecule has 0 unspecified atom stereocenters. The average Bonchev–Trinajstić information content (AvgIpc) is 2.73. The molecule has 0 saturated carbocycles. The maximum atomic E-state index is 12.8. The van der Waals surface area contributed by atoms with E-state index in [-0.39, 0.29) is 22.2 Å². The minimum atomic E-state index is -4.59. The van der Waals surface area contributed by atoms with Gasteiger partial charge in [-0.2, -0.15) is 13.2 Å². The van der Waals surface area contributed by atoms with Crippen LogP contribution in [0.25, 0.3) is 0 Å². The predicted octanol–water partition coefficient (Wildman–Crippen LogP) is 4.39. The second-order valence-electron chi connectivity index (χ2n) is 6.68. The van der Waals surface area contributed by atoms with E-state index in [9.17, 15) is 26.4 Å². The van der Waals surface area contributed by atoms with Crippen molar-refractivity contribution in [3.05, 3.63) is 89.7 Å². The number of aromatic nitrogens is 1. The Kier molecular flexibility index (Phi) is 6.30. The second-order valence-corrected chi connectivity index (χ2v) is 8.37. The summed E-state index contributed by atoms with van der Waals surface area (Å²) in [6.07, 6.45) is -1.38. The van der Waals surface area contributed by atoms with Gasteiger partial charge in [-0.25, -0.2) is 8.42 Å². The van der Waals surface area contributed by atoms with Crippen molar-refractivity contribution in [2.24, 2.45) is 0 Å². The highest BCUT2D eigenvalue weighted by atomic mass is 32.2. The van der Waals surface area contributed by atoms with E-state index in [0.717, 1.165) is 17.7 Å². The molecule has 1 heterocycles. The Morgan fingerprint density at radius 1 is 1.00 bits per heavy atom. The minimum Gasteiger partial charge on any atom is -0.346 e. The lowest BCUT2D eigenvalue weighted by Crippen LogP contribution is -2.26. The lowest BCUT2D eigenvalue weighted by atomic mass is 10.1. The second kappa shape index (κ2) is 8.76. The molecule has 1 aromatic heterocycles. The molecule has 0 aliphatic carbocycles. The van der Waals surface area contributed by atoms with Crippen LogP contribution >= 0.6 is 0 Å². The molecule has 3 rings (SSSR count). The average molecular weight is 449 g/mol. The van der Waals surface area contributed by atoms with Crippen LogP contribution in [-0.2, 0) is 16.2 Å². The number of hydrogen-bond acceptors (Lipinski definition) is 4. The van der Waals surface area contributed by atoms with Crippen LogP contribution in [0.2, 0.25) is 0 Å². The first-order valence-electron chi connectivity index (χ1n) is 9.07. The van der Waals surface area contributed by atoms with Crippen molar-refractivity contribution in [2.75, 3.05) is 4.72 Å². The summed E-state index contributed by atoms with van der Waals surface area (Å²) in [5.74, 6) is -0.404. The number of carbonyl (C=O) groups is 1. The number of sulfonamides is 1. The van der Waals surface area contributed by atoms with Gasteiger partial charge in [0, 0.05) is 23.6 Å². The number of carbonyl (C=O) groups excluding carboxylic acids is 1. The van der Waals surface area contributed by atoms with Gasteiger partial charge < -0.3 is 5.32 Å². The van der Waals surface area contributed by atoms with E-state index in [2.05, 4.69) is 15.0 Å². The van der Waals surface area contributed by atoms with Crippen LogP contribution in [-0.4, -0.2) is 19.3 Å². The number of anilines is 1. The van der Waals surface area contributed by atoms with Crippen molar-refractivity contribution < 1.29 is 26.4 Å². The van der Waals surface area contributed by atoms with Gasteiger partial charge in [0.1, 0.15) is 0 Å². The molecule has 0 aliphatic rings. The quantitative estimate of drug-likeness (QED) is 0.584. The Hall–Kier alpha value is -3.40. The molecule has 0 fully saturated rings. The van der Waals surface area contributed by atoms with Crippen molar-refractivity contribution in [3.63, 3.8) is 0 Å². The van der Waals surface area contributed by atoms with E-state index in [4.69, 9.17) is 0 Å². The molecule has 10 heteroatoms. The first kappa shape index (κ1) is 22.3. The summed E-state index contributed by atoms with van der Waals surface area (Å²) >= 11 is 0. The maximum absolute atomic E-state index is 12.8. The molecule has 0 radical (unpaired) electrons. The molecule has 2 N–H and O–H groups in total. The zero-order valence-electron chi connectivity index (χ0n) is 16.2. The lowest BCUT2D eigenvalue weighted by molar-refractivity contribution is -0.137. The summed E-state index contributed by atoms with van der Waals surface area (Å²) in [4.78, 5) is 16.1. The molecular weight excluding hydrogens is 431 g/mol. The molecule has 1 amide bonds. The van der Waals surface area contributed by atoms with Gasteiger partial charge in [0.05, 0.1) is 16.5 Å². The van der Waals surface area contributed by atoms with Crippen LogP contribution in [0, 0.1) is 0 Å². The Labute approximate surface area is 177 Å². The molecule has 3 aromatic rings. The van der Waals surface area contributed by atoms with Crippen molar-refractivity contribution >= 4 is 21.6 Å². The SMILES string of the molecule is C[C@H](NC(=O)c1ccc(S(=O)(=O)Nc2cccc(C(F)(F)F)c2)cc1)c1ccncc1. The fourth-order valence-electron chi connectivity index (χ4n) is 2.77. The van der Waals surface area contributed by atoms with Gasteiger partial charge in [0.25, 0.3) is 15.9 Å². The fraction of sp³-hybridized carbons (Fsp3) is 0.143. The molecule has 1 atom stereocenters. The van der Waals surface area contributed by atoms with Gasteiger partial charge in [-0.15, -0.1) is 0 Å². The van der Waals surface area contributed by atoms with Crippen molar-refractivity contribution in [1.82, 2.24) is 10.3 Å². The normalized spacial score (nSPS) is 12.8. The number of rotatable bonds is 6. The zero-order chi connectivity index (χ0) is 22.6. The topological polar surface area (TPSA) is 88.2 Å². The van der Waals surface area contributed by atoms with Gasteiger partial charge in [0.2, 0.25) is 0 Å². The third-order valence-corrected chi connectivity index (χ3v) is 5.82. The lowest BCUT2D eigenvalue weighted by Gasteiger charge is -2.14. The summed E-state index contributed by atoms with van der Waals surface area (Å²) in [6.45, 7) is 1.80. The highest BCUT2D eigenvalue weighted by molar-refractivity contribution is 7.92. The molecule has 6 nitrogen and oxygen atoms in total. The van der Waals surface area contributed by atoms with E-state index in [1.54, 1.807) is 31.5 Å². The van der Waals surface area contributed by atoms with Gasteiger partial charge in [-0.1, -0.05) is 6.07 Å². The standard InChI is InChI=1S/C21H18F3N3O3S/c1-14(15-9-11-25-12-10-15)26-20(28)16-5-7-19(8-6-16)31(29,30)27-18-4-2-3-17(13-18)21(22,23)24/h2-14,27H,1H3,(H,26,28)/t14-/m0/s1. The van der Waals surface area contributed by atoms with E-state index in [0.29, 0.717) is 6.07 Å². The number of pyridine rings is 1. The number of benzene rings is 2. The number of halogens is 3. The van der Waals surface area contributed by atoms with Crippen LogP contribution in [0.5, 0.6) is 0 Å². The van der Waals surface area contributed by atoms with Crippen LogP contribution in [0.3, 0.4) is 0 Å². The first-order valence-corrected chi connectivity index (χ1v) is 10.6. The molecule has 0 spiro atoms. The number of nitrogens with one attached hydrogen (secondary N) is 2. The van der Waals surface area contributed by atoms with Gasteiger partial charge in [0.15, 0.2) is 0 Å². The summed E-state index contributed by atoms with van der Waals surface area (Å²) in [5, 5.41) is 2.79. The van der Waals surface area contributed by atoms with Crippen LogP contribution < -0.4 is 10.0 Å². The Morgan fingerprint density at radius 3 is 2.26 bits per heavy atom. The van der Waals surface area contributed by atoms with Gasteiger partial charge in [-0.05, 0) is 67.1 Å². The summed E-state index contributed by atoms with van der Waals surface area (Å²) in [6, 6.07) is 12.2. The molecular formula is C21H18F3N3O3S. The van der Waals surface area contributed by atoms with Crippen LogP contribution in [0.15, 0.2) is 78.0 Å². The number of hydrogen-bond donors (Lipinski definition) is 2. The fourth-order valence-corrected chi connectivity index (χ4v) is 3.82. The molecule has 0 aliphatic heterocycles. The Bertz CT molecular complexity index is 1170. The van der Waals surface area contributed by atoms with Crippen molar-refractivity contribution in [2.45, 2.75) is 24.0 Å². The Morgan fingerprint density at radius 2 is 1.65 bits per heavy atom. The van der Waals surface area contributed by atoms with E-state index >= 15 is 0 Å². The largest absolute Gasteiger partial charge is 0.416 e. The highest BCUT2D eigenvalue weighted by Gasteiger charge is 2.30. The number of nitrogens with zero attached hydrogens (tertiary/aromatic N) is 1. The molecule has 31 heavy (non-hydrogen) atoms. The smallest absolute Gasteiger partial charge is 0.346 e. The molecule has 162 valence electrons. The predicted molar refractivity (Wildman–Crippen MR) is 109 cm³/mol. The van der Waals surface area contributed by atoms with Crippen LogP contribution in [0.4, 0.5) is 18.9 Å². The first-order chi connectivity index (χ1) is 14.6. The maximum Gasteiger partial charge on any atom is 0.416 e. The van der Waals surface area contributed by atoms with Crippen molar-refractivity contribution in [1.29, 1.82) is 0 Å².